The molecule has 1 N–H and O–H groups in total. The van der Waals surface area contributed by atoms with Crippen molar-refractivity contribution in [2.24, 2.45) is 0 Å². The lowest BCUT2D eigenvalue weighted by Crippen LogP contribution is -2.44. The Balaban J connectivity index is 2.24. The van der Waals surface area contributed by atoms with Crippen LogP contribution in [0, 0.1) is 6.92 Å². The molecule has 1 aliphatic rings. The third-order valence-corrected chi connectivity index (χ3v) is 4.79. The zero-order valence-electron chi connectivity index (χ0n) is 12.6. The van der Waals surface area contributed by atoms with E-state index in [0.717, 1.165) is 47.8 Å². The number of hydrogen-bond acceptors (Lipinski definition) is 3. The smallest absolute Gasteiger partial charge is 0.256 e. The zero-order valence-corrected chi connectivity index (χ0v) is 13.4. The maximum Gasteiger partial charge on any atom is 0.256 e. The number of nitrogens with one attached hydrogen (secondary N) is 1. The maximum atomic E-state index is 12.8. The maximum absolute atomic E-state index is 12.8. The van der Waals surface area contributed by atoms with Crippen molar-refractivity contribution in [3.05, 3.63) is 29.3 Å². The van der Waals surface area contributed by atoms with E-state index in [-0.39, 0.29) is 5.91 Å². The Kier molecular flexibility index (Phi) is 5.35. The van der Waals surface area contributed by atoms with Gasteiger partial charge < -0.3 is 10.2 Å². The molecular weight excluding hydrogens is 268 g/mol. The van der Waals surface area contributed by atoms with Crippen molar-refractivity contribution in [1.82, 2.24) is 4.90 Å². The first-order valence-electron chi connectivity index (χ1n) is 7.36. The van der Waals surface area contributed by atoms with Crippen molar-refractivity contribution in [2.45, 2.75) is 33.2 Å². The van der Waals surface area contributed by atoms with Crippen molar-refractivity contribution < 1.29 is 4.79 Å². The van der Waals surface area contributed by atoms with Gasteiger partial charge in [0, 0.05) is 36.3 Å². The molecule has 1 unspecified atom stereocenters. The van der Waals surface area contributed by atoms with Crippen LogP contribution in [-0.2, 0) is 0 Å². The van der Waals surface area contributed by atoms with E-state index in [9.17, 15) is 4.79 Å². The highest BCUT2D eigenvalue weighted by Crippen LogP contribution is 2.23. The van der Waals surface area contributed by atoms with Crippen LogP contribution in [0.5, 0.6) is 0 Å². The quantitative estimate of drug-likeness (QED) is 0.923. The molecule has 1 aromatic carbocycles. The summed E-state index contributed by atoms with van der Waals surface area (Å²) >= 11 is 1.93. The van der Waals surface area contributed by atoms with Crippen molar-refractivity contribution in [3.8, 4) is 0 Å². The molecule has 1 fully saturated rings. The van der Waals surface area contributed by atoms with Gasteiger partial charge in [-0.25, -0.2) is 0 Å². The minimum Gasteiger partial charge on any atom is -0.384 e. The molecule has 1 amide bonds. The molecule has 2 rings (SSSR count). The molecule has 0 spiro atoms. The van der Waals surface area contributed by atoms with Crippen LogP contribution >= 0.6 is 11.8 Å². The number of anilines is 1. The topological polar surface area (TPSA) is 32.3 Å². The molecule has 1 atom stereocenters. The number of rotatable bonds is 4. The summed E-state index contributed by atoms with van der Waals surface area (Å²) in [5, 5.41) is 3.37. The molecule has 3 nitrogen and oxygen atoms in total. The Morgan fingerprint density at radius 1 is 1.50 bits per heavy atom. The molecule has 0 bridgehead atoms. The molecule has 0 aromatic heterocycles. The van der Waals surface area contributed by atoms with Gasteiger partial charge in [-0.3, -0.25) is 4.79 Å². The van der Waals surface area contributed by atoms with Gasteiger partial charge in [-0.15, -0.1) is 0 Å². The SMILES string of the molecule is CCCNc1ccc(C)cc1C(=O)N1CCSCC1C. The van der Waals surface area contributed by atoms with Gasteiger partial charge >= 0.3 is 0 Å². The highest BCUT2D eigenvalue weighted by molar-refractivity contribution is 7.99. The first kappa shape index (κ1) is 15.2. The average Bonchev–Trinajstić information content (AvgIpc) is 2.46. The summed E-state index contributed by atoms with van der Waals surface area (Å²) in [5.41, 5.74) is 2.92. The average molecular weight is 292 g/mol. The molecule has 4 heteroatoms. The van der Waals surface area contributed by atoms with Gasteiger partial charge in [0.25, 0.3) is 5.91 Å². The summed E-state index contributed by atoms with van der Waals surface area (Å²) < 4.78 is 0. The second-order valence-corrected chi connectivity index (χ2v) is 6.55. The van der Waals surface area contributed by atoms with Crippen molar-refractivity contribution in [2.75, 3.05) is 29.9 Å². The summed E-state index contributed by atoms with van der Waals surface area (Å²) in [7, 11) is 0. The second-order valence-electron chi connectivity index (χ2n) is 5.40. The number of aryl methyl sites for hydroxylation is 1. The van der Waals surface area contributed by atoms with E-state index in [1.54, 1.807) is 0 Å². The molecule has 0 saturated carbocycles. The van der Waals surface area contributed by atoms with E-state index < -0.39 is 0 Å². The first-order valence-corrected chi connectivity index (χ1v) is 8.52. The Labute approximate surface area is 126 Å². The summed E-state index contributed by atoms with van der Waals surface area (Å²) in [6.45, 7) is 8.06. The fraction of sp³-hybridized carbons (Fsp3) is 0.562. The fourth-order valence-electron chi connectivity index (χ4n) is 2.43. The molecule has 0 radical (unpaired) electrons. The van der Waals surface area contributed by atoms with Gasteiger partial charge in [0.05, 0.1) is 5.56 Å². The molecule has 1 aliphatic heterocycles. The van der Waals surface area contributed by atoms with E-state index >= 15 is 0 Å². The lowest BCUT2D eigenvalue weighted by atomic mass is 10.1. The van der Waals surface area contributed by atoms with Crippen molar-refractivity contribution in [3.63, 3.8) is 0 Å². The number of benzene rings is 1. The number of thioether (sulfide) groups is 1. The number of nitrogens with zero attached hydrogens (tertiary/aromatic N) is 1. The molecule has 1 aromatic rings. The Morgan fingerprint density at radius 3 is 3.00 bits per heavy atom. The largest absolute Gasteiger partial charge is 0.384 e. The van der Waals surface area contributed by atoms with Crippen LogP contribution < -0.4 is 5.32 Å². The third-order valence-electron chi connectivity index (χ3n) is 3.60. The predicted octanol–water partition coefficient (Wildman–Crippen LogP) is 3.39. The lowest BCUT2D eigenvalue weighted by Gasteiger charge is -2.33. The number of hydrogen-bond donors (Lipinski definition) is 1. The van der Waals surface area contributed by atoms with Gasteiger partial charge in [0.15, 0.2) is 0 Å². The van der Waals surface area contributed by atoms with Crippen molar-refractivity contribution in [1.29, 1.82) is 0 Å². The second kappa shape index (κ2) is 7.02. The van der Waals surface area contributed by atoms with E-state index in [2.05, 4.69) is 25.2 Å². The van der Waals surface area contributed by atoms with E-state index in [0.29, 0.717) is 6.04 Å². The summed E-state index contributed by atoms with van der Waals surface area (Å²) in [6, 6.07) is 6.42. The number of carbonyl (C=O) groups excluding carboxylic acids is 1. The van der Waals surface area contributed by atoms with Crippen LogP contribution in [-0.4, -0.2) is 41.4 Å². The summed E-state index contributed by atoms with van der Waals surface area (Å²) in [4.78, 5) is 14.8. The first-order chi connectivity index (χ1) is 9.63. The van der Waals surface area contributed by atoms with Crippen LogP contribution in [0.1, 0.15) is 36.2 Å². The molecule has 110 valence electrons. The molecular formula is C16H24N2OS. The Bertz CT molecular complexity index is 476. The van der Waals surface area contributed by atoms with Crippen LogP contribution in [0.2, 0.25) is 0 Å². The lowest BCUT2D eigenvalue weighted by molar-refractivity contribution is 0.0717. The minimum atomic E-state index is 0.167. The molecule has 20 heavy (non-hydrogen) atoms. The van der Waals surface area contributed by atoms with Gasteiger partial charge in [0.2, 0.25) is 0 Å². The van der Waals surface area contributed by atoms with Crippen LogP contribution in [0.25, 0.3) is 0 Å². The number of amides is 1. The summed E-state index contributed by atoms with van der Waals surface area (Å²) in [5.74, 6) is 2.25. The monoisotopic (exact) mass is 292 g/mol. The molecule has 0 aliphatic carbocycles. The normalized spacial score (nSPS) is 18.9. The van der Waals surface area contributed by atoms with E-state index in [4.69, 9.17) is 0 Å². The Morgan fingerprint density at radius 2 is 2.30 bits per heavy atom. The highest BCUT2D eigenvalue weighted by Gasteiger charge is 2.26. The summed E-state index contributed by atoms with van der Waals surface area (Å²) in [6.07, 6.45) is 1.05. The van der Waals surface area contributed by atoms with Gasteiger partial charge in [-0.1, -0.05) is 18.6 Å². The van der Waals surface area contributed by atoms with Gasteiger partial charge in [-0.2, -0.15) is 11.8 Å². The zero-order chi connectivity index (χ0) is 14.5. The van der Waals surface area contributed by atoms with Crippen LogP contribution in [0.4, 0.5) is 5.69 Å². The number of carbonyl (C=O) groups is 1. The standard InChI is InChI=1S/C16H24N2OS/c1-4-7-17-15-6-5-12(2)10-14(15)16(19)18-8-9-20-11-13(18)3/h5-6,10,13,17H,4,7-9,11H2,1-3H3. The fourth-order valence-corrected chi connectivity index (χ4v) is 3.45. The highest BCUT2D eigenvalue weighted by atomic mass is 32.2. The minimum absolute atomic E-state index is 0.167. The van der Waals surface area contributed by atoms with E-state index in [1.165, 1.54) is 0 Å². The van der Waals surface area contributed by atoms with Gasteiger partial charge in [-0.05, 0) is 32.4 Å². The predicted molar refractivity (Wildman–Crippen MR) is 87.8 cm³/mol. The van der Waals surface area contributed by atoms with Gasteiger partial charge in [0.1, 0.15) is 0 Å². The third kappa shape index (κ3) is 3.48. The Hall–Kier alpha value is -1.16. The van der Waals surface area contributed by atoms with Crippen LogP contribution in [0.15, 0.2) is 18.2 Å². The molecule has 1 heterocycles. The van der Waals surface area contributed by atoms with Crippen LogP contribution in [0.3, 0.4) is 0 Å². The van der Waals surface area contributed by atoms with Crippen molar-refractivity contribution >= 4 is 23.4 Å². The molecule has 1 saturated heterocycles. The van der Waals surface area contributed by atoms with E-state index in [1.807, 2.05) is 35.7 Å².